The number of hydrogen-bond acceptors (Lipinski definition) is 4. The monoisotopic (exact) mass is 441 g/mol. The largest absolute Gasteiger partial charge is 0.379 e. The van der Waals surface area contributed by atoms with Gasteiger partial charge in [0, 0.05) is 44.8 Å². The van der Waals surface area contributed by atoms with E-state index in [1.807, 2.05) is 25.1 Å². The number of nitrogens with zero attached hydrogens (tertiary/aromatic N) is 3. The third-order valence-corrected chi connectivity index (χ3v) is 5.42. The summed E-state index contributed by atoms with van der Waals surface area (Å²) >= 11 is 0. The number of ether oxygens (including phenoxy) is 1. The summed E-state index contributed by atoms with van der Waals surface area (Å²) in [6, 6.07) is 13.8. The number of halogens is 1. The van der Waals surface area contributed by atoms with E-state index in [2.05, 4.69) is 46.7 Å². The third kappa shape index (κ3) is 7.58. The zero-order chi connectivity index (χ0) is 22.8. The molecule has 6 nitrogen and oxygen atoms in total. The van der Waals surface area contributed by atoms with Gasteiger partial charge in [-0.25, -0.2) is 9.38 Å². The van der Waals surface area contributed by atoms with Crippen LogP contribution in [0.25, 0.3) is 0 Å². The van der Waals surface area contributed by atoms with E-state index in [1.54, 1.807) is 6.07 Å². The Balaban J connectivity index is 1.64. The van der Waals surface area contributed by atoms with Crippen LogP contribution < -0.4 is 10.6 Å². The number of morpholine rings is 1. The lowest BCUT2D eigenvalue weighted by atomic mass is 10.1. The van der Waals surface area contributed by atoms with Gasteiger partial charge in [-0.2, -0.15) is 0 Å². The van der Waals surface area contributed by atoms with Crippen LogP contribution in [-0.2, 0) is 30.9 Å². The summed E-state index contributed by atoms with van der Waals surface area (Å²) in [6.07, 6.45) is 0. The quantitative estimate of drug-likeness (QED) is 0.463. The van der Waals surface area contributed by atoms with Crippen LogP contribution >= 0.6 is 0 Å². The summed E-state index contributed by atoms with van der Waals surface area (Å²) in [6.45, 7) is 9.06. The van der Waals surface area contributed by atoms with Crippen LogP contribution in [0.15, 0.2) is 47.5 Å². The molecule has 0 unspecified atom stereocenters. The Morgan fingerprint density at radius 2 is 1.81 bits per heavy atom. The minimum absolute atomic E-state index is 0.173. The van der Waals surface area contributed by atoms with E-state index < -0.39 is 0 Å². The molecule has 3 rings (SSSR count). The summed E-state index contributed by atoms with van der Waals surface area (Å²) in [7, 11) is 3.88. The maximum Gasteiger partial charge on any atom is 0.191 e. The molecule has 0 spiro atoms. The Bertz CT molecular complexity index is 880. The molecule has 1 fully saturated rings. The highest BCUT2D eigenvalue weighted by Crippen LogP contribution is 2.14. The first-order valence-electron chi connectivity index (χ1n) is 11.4. The van der Waals surface area contributed by atoms with E-state index in [1.165, 1.54) is 17.2 Å². The van der Waals surface area contributed by atoms with Crippen LogP contribution in [-0.4, -0.2) is 62.7 Å². The minimum Gasteiger partial charge on any atom is -0.379 e. The van der Waals surface area contributed by atoms with Gasteiger partial charge < -0.3 is 20.3 Å². The van der Waals surface area contributed by atoms with Crippen molar-refractivity contribution >= 4 is 5.96 Å². The van der Waals surface area contributed by atoms with Gasteiger partial charge in [-0.05, 0) is 49.8 Å². The highest BCUT2D eigenvalue weighted by atomic mass is 19.1. The summed E-state index contributed by atoms with van der Waals surface area (Å²) in [5, 5.41) is 6.77. The predicted molar refractivity (Wildman–Crippen MR) is 128 cm³/mol. The van der Waals surface area contributed by atoms with Crippen LogP contribution in [0.5, 0.6) is 0 Å². The van der Waals surface area contributed by atoms with Crippen molar-refractivity contribution < 1.29 is 9.13 Å². The van der Waals surface area contributed by atoms with Gasteiger partial charge in [0.15, 0.2) is 5.96 Å². The minimum atomic E-state index is -0.173. The Kier molecular flexibility index (Phi) is 9.46. The molecule has 174 valence electrons. The molecule has 2 N–H and O–H groups in total. The Hall–Kier alpha value is -2.48. The van der Waals surface area contributed by atoms with Crippen molar-refractivity contribution in [1.82, 2.24) is 20.4 Å². The summed E-state index contributed by atoms with van der Waals surface area (Å²) in [4.78, 5) is 9.12. The standard InChI is InChI=1S/C25H36FN5O/c1-4-27-25(28-16-20-9-10-24(26)23(15-20)18-30(2)3)29-17-21-7-5-6-8-22(21)19-31-11-13-32-14-12-31/h5-10,15H,4,11-14,16-19H2,1-3H3,(H2,27,28,29). The maximum absolute atomic E-state index is 14.1. The lowest BCUT2D eigenvalue weighted by Crippen LogP contribution is -2.38. The molecular weight excluding hydrogens is 405 g/mol. The Morgan fingerprint density at radius 3 is 2.53 bits per heavy atom. The van der Waals surface area contributed by atoms with E-state index in [-0.39, 0.29) is 5.82 Å². The van der Waals surface area contributed by atoms with Crippen LogP contribution in [0.4, 0.5) is 4.39 Å². The van der Waals surface area contributed by atoms with Gasteiger partial charge in [0.2, 0.25) is 0 Å². The number of benzene rings is 2. The number of aliphatic imine (C=N–C) groups is 1. The van der Waals surface area contributed by atoms with E-state index in [4.69, 9.17) is 9.73 Å². The first kappa shape index (κ1) is 24.2. The Labute approximate surface area is 191 Å². The van der Waals surface area contributed by atoms with Gasteiger partial charge in [0.05, 0.1) is 19.8 Å². The van der Waals surface area contributed by atoms with E-state index >= 15 is 0 Å². The lowest BCUT2D eigenvalue weighted by molar-refractivity contribution is 0.0341. The van der Waals surface area contributed by atoms with Crippen LogP contribution in [0.1, 0.15) is 29.2 Å². The van der Waals surface area contributed by atoms with Gasteiger partial charge in [-0.3, -0.25) is 4.90 Å². The van der Waals surface area contributed by atoms with Crippen molar-refractivity contribution in [2.24, 2.45) is 4.99 Å². The molecule has 2 aromatic carbocycles. The molecule has 0 aromatic heterocycles. The summed E-state index contributed by atoms with van der Waals surface area (Å²) < 4.78 is 19.5. The lowest BCUT2D eigenvalue weighted by Gasteiger charge is -2.27. The average Bonchev–Trinajstić information content (AvgIpc) is 2.79. The van der Waals surface area contributed by atoms with Gasteiger partial charge in [-0.1, -0.05) is 30.3 Å². The number of guanidine groups is 1. The normalized spacial score (nSPS) is 15.2. The second kappa shape index (κ2) is 12.5. The van der Waals surface area contributed by atoms with Crippen molar-refractivity contribution in [1.29, 1.82) is 0 Å². The molecule has 0 amide bonds. The van der Waals surface area contributed by atoms with Gasteiger partial charge in [-0.15, -0.1) is 0 Å². The fraction of sp³-hybridized carbons (Fsp3) is 0.480. The van der Waals surface area contributed by atoms with Crippen molar-refractivity contribution in [3.8, 4) is 0 Å². The maximum atomic E-state index is 14.1. The molecule has 0 radical (unpaired) electrons. The molecule has 1 saturated heterocycles. The zero-order valence-corrected chi connectivity index (χ0v) is 19.5. The van der Waals surface area contributed by atoms with Gasteiger partial charge in [0.1, 0.15) is 5.82 Å². The number of hydrogen-bond donors (Lipinski definition) is 2. The second-order valence-corrected chi connectivity index (χ2v) is 8.37. The van der Waals surface area contributed by atoms with E-state index in [0.717, 1.165) is 50.9 Å². The fourth-order valence-electron chi connectivity index (χ4n) is 3.76. The first-order valence-corrected chi connectivity index (χ1v) is 11.4. The van der Waals surface area contributed by atoms with Gasteiger partial charge >= 0.3 is 0 Å². The van der Waals surface area contributed by atoms with Crippen molar-refractivity contribution in [3.63, 3.8) is 0 Å². The fourth-order valence-corrected chi connectivity index (χ4v) is 3.76. The van der Waals surface area contributed by atoms with Crippen LogP contribution in [0.2, 0.25) is 0 Å². The van der Waals surface area contributed by atoms with Crippen LogP contribution in [0, 0.1) is 5.82 Å². The second-order valence-electron chi connectivity index (χ2n) is 8.37. The van der Waals surface area contributed by atoms with Gasteiger partial charge in [0.25, 0.3) is 0 Å². The molecule has 0 atom stereocenters. The third-order valence-electron chi connectivity index (χ3n) is 5.42. The van der Waals surface area contributed by atoms with E-state index in [0.29, 0.717) is 25.2 Å². The molecule has 0 aliphatic carbocycles. The van der Waals surface area contributed by atoms with Crippen molar-refractivity contribution in [2.75, 3.05) is 46.9 Å². The molecule has 2 aromatic rings. The predicted octanol–water partition coefficient (Wildman–Crippen LogP) is 2.97. The SMILES string of the molecule is CCNC(=NCc1ccc(F)c(CN(C)C)c1)NCc1ccccc1CN1CCOCC1. The molecule has 7 heteroatoms. The van der Waals surface area contributed by atoms with Crippen molar-refractivity contribution in [2.45, 2.75) is 33.1 Å². The summed E-state index contributed by atoms with van der Waals surface area (Å²) in [5.41, 5.74) is 4.27. The Morgan fingerprint density at radius 1 is 1.06 bits per heavy atom. The molecule has 1 aliphatic heterocycles. The molecule has 1 aliphatic rings. The average molecular weight is 442 g/mol. The van der Waals surface area contributed by atoms with Crippen molar-refractivity contribution in [3.05, 3.63) is 70.5 Å². The first-order chi connectivity index (χ1) is 15.5. The zero-order valence-electron chi connectivity index (χ0n) is 19.5. The molecule has 0 saturated carbocycles. The number of rotatable bonds is 9. The molecular formula is C25H36FN5O. The smallest absolute Gasteiger partial charge is 0.191 e. The molecule has 1 heterocycles. The number of nitrogens with one attached hydrogen (secondary N) is 2. The highest BCUT2D eigenvalue weighted by molar-refractivity contribution is 5.79. The van der Waals surface area contributed by atoms with E-state index in [9.17, 15) is 4.39 Å². The molecule has 0 bridgehead atoms. The summed E-state index contributed by atoms with van der Waals surface area (Å²) in [5.74, 6) is 0.584. The topological polar surface area (TPSA) is 52.1 Å². The molecule has 32 heavy (non-hydrogen) atoms. The van der Waals surface area contributed by atoms with Crippen LogP contribution in [0.3, 0.4) is 0 Å². The highest BCUT2D eigenvalue weighted by Gasteiger charge is 2.13.